The number of hydrogen-bond donors (Lipinski definition) is 1. The summed E-state index contributed by atoms with van der Waals surface area (Å²) in [7, 11) is 0. The minimum absolute atomic E-state index is 0.322. The van der Waals surface area contributed by atoms with Crippen LogP contribution in [-0.2, 0) is 6.61 Å². The van der Waals surface area contributed by atoms with E-state index >= 15 is 0 Å². The van der Waals surface area contributed by atoms with E-state index < -0.39 is 0 Å². The third-order valence-corrected chi connectivity index (χ3v) is 5.03. The van der Waals surface area contributed by atoms with E-state index in [-0.39, 0.29) is 5.91 Å². The maximum absolute atomic E-state index is 12.2. The zero-order chi connectivity index (χ0) is 21.3. The van der Waals surface area contributed by atoms with Gasteiger partial charge in [-0.1, -0.05) is 54.1 Å². The number of benzene rings is 3. The molecule has 1 N–H and O–H groups in total. The summed E-state index contributed by atoms with van der Waals surface area (Å²) in [5.41, 5.74) is 4.69. The molecule has 0 bridgehead atoms. The van der Waals surface area contributed by atoms with E-state index in [0.29, 0.717) is 45.3 Å². The normalized spacial score (nSPS) is 10.8. The molecule has 5 nitrogen and oxygen atoms in total. The molecule has 0 saturated heterocycles. The molecule has 0 aromatic heterocycles. The number of rotatable bonds is 8. The van der Waals surface area contributed by atoms with Crippen LogP contribution in [0.3, 0.4) is 0 Å². The minimum atomic E-state index is -0.322. The van der Waals surface area contributed by atoms with Gasteiger partial charge in [0.05, 0.1) is 23.4 Å². The summed E-state index contributed by atoms with van der Waals surface area (Å²) < 4.78 is 12.3. The van der Waals surface area contributed by atoms with Crippen LogP contribution < -0.4 is 14.9 Å². The summed E-state index contributed by atoms with van der Waals surface area (Å²) in [6, 6.07) is 20.4. The van der Waals surface area contributed by atoms with E-state index in [1.54, 1.807) is 30.3 Å². The van der Waals surface area contributed by atoms with Crippen molar-refractivity contribution in [3.05, 3.63) is 92.9 Å². The number of carbonyl (C=O) groups is 1. The molecule has 0 spiro atoms. The molecule has 0 atom stereocenters. The average Bonchev–Trinajstić information content (AvgIpc) is 2.74. The summed E-state index contributed by atoms with van der Waals surface area (Å²) in [5.74, 6) is 0.661. The van der Waals surface area contributed by atoms with Gasteiger partial charge in [-0.2, -0.15) is 5.10 Å². The molecule has 0 saturated carbocycles. The Kier molecular flexibility index (Phi) is 7.88. The Labute approximate surface area is 188 Å². The number of nitrogens with zero attached hydrogens (tertiary/aromatic N) is 1. The van der Waals surface area contributed by atoms with Gasteiger partial charge in [0.1, 0.15) is 6.61 Å². The van der Waals surface area contributed by atoms with Gasteiger partial charge in [0.2, 0.25) is 0 Å². The zero-order valence-electron chi connectivity index (χ0n) is 16.3. The fourth-order valence-corrected chi connectivity index (χ4v) is 3.40. The first-order chi connectivity index (χ1) is 14.6. The SMILES string of the molecule is CCOc1cc(/C=N\NC(=O)c2ccccc2Br)cc(Cl)c1OCc1ccccc1. The van der Waals surface area contributed by atoms with Crippen LogP contribution in [0.15, 0.2) is 76.3 Å². The van der Waals surface area contributed by atoms with Crippen LogP contribution in [0.25, 0.3) is 0 Å². The second-order valence-corrected chi connectivity index (χ2v) is 7.48. The standard InChI is InChI=1S/C23H20BrClN2O3/c1-2-29-21-13-17(14-26-27-23(28)18-10-6-7-11-19(18)24)12-20(25)22(21)30-15-16-8-4-3-5-9-16/h3-14H,2,15H2,1H3,(H,27,28)/b26-14-. The molecular formula is C23H20BrClN2O3. The van der Waals surface area contributed by atoms with Gasteiger partial charge in [0.15, 0.2) is 11.5 Å². The van der Waals surface area contributed by atoms with Gasteiger partial charge in [-0.3, -0.25) is 4.79 Å². The van der Waals surface area contributed by atoms with E-state index in [4.69, 9.17) is 21.1 Å². The van der Waals surface area contributed by atoms with Crippen molar-refractivity contribution in [2.24, 2.45) is 5.10 Å². The topological polar surface area (TPSA) is 59.9 Å². The maximum atomic E-state index is 12.2. The van der Waals surface area contributed by atoms with Crippen molar-refractivity contribution in [3.63, 3.8) is 0 Å². The molecule has 0 radical (unpaired) electrons. The predicted molar refractivity (Wildman–Crippen MR) is 123 cm³/mol. The number of hydrazone groups is 1. The largest absolute Gasteiger partial charge is 0.490 e. The van der Waals surface area contributed by atoms with Gasteiger partial charge in [0, 0.05) is 4.47 Å². The van der Waals surface area contributed by atoms with Crippen molar-refractivity contribution in [1.29, 1.82) is 0 Å². The van der Waals surface area contributed by atoms with Gasteiger partial charge in [-0.25, -0.2) is 5.43 Å². The first-order valence-electron chi connectivity index (χ1n) is 9.29. The molecule has 1 amide bonds. The molecule has 7 heteroatoms. The van der Waals surface area contributed by atoms with Crippen LogP contribution in [0.2, 0.25) is 5.02 Å². The molecule has 0 fully saturated rings. The Hall–Kier alpha value is -2.83. The van der Waals surface area contributed by atoms with Gasteiger partial charge in [-0.05, 0) is 58.2 Å². The third-order valence-electron chi connectivity index (χ3n) is 4.06. The van der Waals surface area contributed by atoms with Crippen LogP contribution >= 0.6 is 27.5 Å². The predicted octanol–water partition coefficient (Wildman–Crippen LogP) is 5.84. The zero-order valence-corrected chi connectivity index (χ0v) is 18.6. The summed E-state index contributed by atoms with van der Waals surface area (Å²) >= 11 is 9.78. The Bertz CT molecular complexity index is 1040. The molecule has 30 heavy (non-hydrogen) atoms. The molecular weight excluding hydrogens is 468 g/mol. The summed E-state index contributed by atoms with van der Waals surface area (Å²) in [6.45, 7) is 2.71. The van der Waals surface area contributed by atoms with Gasteiger partial charge in [0.25, 0.3) is 5.91 Å². The van der Waals surface area contributed by atoms with E-state index in [0.717, 1.165) is 5.56 Å². The minimum Gasteiger partial charge on any atom is -0.490 e. The van der Waals surface area contributed by atoms with Gasteiger partial charge >= 0.3 is 0 Å². The van der Waals surface area contributed by atoms with Crippen LogP contribution in [0, 0.1) is 0 Å². The second kappa shape index (κ2) is 10.8. The fraction of sp³-hybridized carbons (Fsp3) is 0.130. The van der Waals surface area contributed by atoms with Crippen molar-refractivity contribution in [2.45, 2.75) is 13.5 Å². The molecule has 3 aromatic carbocycles. The van der Waals surface area contributed by atoms with E-state index in [1.165, 1.54) is 6.21 Å². The molecule has 0 aliphatic heterocycles. The third kappa shape index (κ3) is 5.84. The lowest BCUT2D eigenvalue weighted by molar-refractivity contribution is 0.0954. The lowest BCUT2D eigenvalue weighted by Crippen LogP contribution is -2.18. The van der Waals surface area contributed by atoms with Crippen molar-refractivity contribution < 1.29 is 14.3 Å². The first-order valence-corrected chi connectivity index (χ1v) is 10.5. The Balaban J connectivity index is 1.73. The molecule has 0 unspecified atom stereocenters. The quantitative estimate of drug-likeness (QED) is 0.320. The smallest absolute Gasteiger partial charge is 0.272 e. The molecule has 0 heterocycles. The second-order valence-electron chi connectivity index (χ2n) is 6.22. The highest BCUT2D eigenvalue weighted by molar-refractivity contribution is 9.10. The summed E-state index contributed by atoms with van der Waals surface area (Å²) in [5, 5.41) is 4.42. The lowest BCUT2D eigenvalue weighted by Gasteiger charge is -2.14. The number of amides is 1. The number of ether oxygens (including phenoxy) is 2. The fourth-order valence-electron chi connectivity index (χ4n) is 2.67. The van der Waals surface area contributed by atoms with Crippen LogP contribution in [0.5, 0.6) is 11.5 Å². The highest BCUT2D eigenvalue weighted by Crippen LogP contribution is 2.37. The van der Waals surface area contributed by atoms with Crippen molar-refractivity contribution in [1.82, 2.24) is 5.43 Å². The highest BCUT2D eigenvalue weighted by Gasteiger charge is 2.13. The lowest BCUT2D eigenvalue weighted by atomic mass is 10.2. The van der Waals surface area contributed by atoms with E-state index in [1.807, 2.05) is 43.3 Å². The summed E-state index contributed by atoms with van der Waals surface area (Å²) in [6.07, 6.45) is 1.50. The molecule has 0 aliphatic rings. The Morgan fingerprint density at radius 2 is 1.83 bits per heavy atom. The van der Waals surface area contributed by atoms with Crippen molar-refractivity contribution >= 4 is 39.7 Å². The average molecular weight is 488 g/mol. The van der Waals surface area contributed by atoms with Crippen molar-refractivity contribution in [3.8, 4) is 11.5 Å². The Morgan fingerprint density at radius 1 is 1.10 bits per heavy atom. The molecule has 0 aliphatic carbocycles. The van der Waals surface area contributed by atoms with Gasteiger partial charge < -0.3 is 9.47 Å². The van der Waals surface area contributed by atoms with E-state index in [9.17, 15) is 4.79 Å². The van der Waals surface area contributed by atoms with Gasteiger partial charge in [-0.15, -0.1) is 0 Å². The number of halogens is 2. The number of hydrogen-bond acceptors (Lipinski definition) is 4. The molecule has 3 rings (SSSR count). The number of nitrogens with one attached hydrogen (secondary N) is 1. The number of carbonyl (C=O) groups excluding carboxylic acids is 1. The van der Waals surface area contributed by atoms with E-state index in [2.05, 4.69) is 26.5 Å². The first kappa shape index (κ1) is 21.9. The molecule has 154 valence electrons. The molecule has 3 aromatic rings. The maximum Gasteiger partial charge on any atom is 0.272 e. The Morgan fingerprint density at radius 3 is 2.57 bits per heavy atom. The monoisotopic (exact) mass is 486 g/mol. The van der Waals surface area contributed by atoms with Crippen LogP contribution in [0.1, 0.15) is 28.4 Å². The van der Waals surface area contributed by atoms with Crippen LogP contribution in [0.4, 0.5) is 0 Å². The highest BCUT2D eigenvalue weighted by atomic mass is 79.9. The van der Waals surface area contributed by atoms with Crippen LogP contribution in [-0.4, -0.2) is 18.7 Å². The van der Waals surface area contributed by atoms with Crippen molar-refractivity contribution in [2.75, 3.05) is 6.61 Å². The summed E-state index contributed by atoms with van der Waals surface area (Å²) in [4.78, 5) is 12.2.